The van der Waals surface area contributed by atoms with Gasteiger partial charge in [0.05, 0.1) is 15.4 Å². The summed E-state index contributed by atoms with van der Waals surface area (Å²) in [6.07, 6.45) is 0. The van der Waals surface area contributed by atoms with Crippen molar-refractivity contribution in [3.63, 3.8) is 0 Å². The van der Waals surface area contributed by atoms with Crippen LogP contribution in [0.5, 0.6) is 0 Å². The first-order valence-corrected chi connectivity index (χ1v) is 6.66. The van der Waals surface area contributed by atoms with Crippen LogP contribution in [0.2, 0.25) is 0 Å². The monoisotopic (exact) mass is 298 g/mol. The van der Waals surface area contributed by atoms with Crippen molar-refractivity contribution in [3.8, 4) is 15.8 Å². The summed E-state index contributed by atoms with van der Waals surface area (Å²) in [5.41, 5.74) is 7.46. The van der Waals surface area contributed by atoms with Crippen LogP contribution in [0, 0.1) is 18.3 Å². The summed E-state index contributed by atoms with van der Waals surface area (Å²) in [5.74, 6) is 0. The van der Waals surface area contributed by atoms with Crippen molar-refractivity contribution in [1.82, 2.24) is 0 Å². The van der Waals surface area contributed by atoms with E-state index in [9.17, 15) is 0 Å². The molecular formula is C10H7BrN2S2. The summed E-state index contributed by atoms with van der Waals surface area (Å²) in [6.45, 7) is 1.95. The van der Waals surface area contributed by atoms with Crippen LogP contribution in [-0.2, 0) is 0 Å². The number of nitriles is 1. The number of thiophene rings is 2. The zero-order chi connectivity index (χ0) is 11.0. The minimum Gasteiger partial charge on any atom is -0.397 e. The first-order valence-electron chi connectivity index (χ1n) is 4.17. The maximum Gasteiger partial charge on any atom is 0.128 e. The Morgan fingerprint density at radius 2 is 2.20 bits per heavy atom. The highest BCUT2D eigenvalue weighted by molar-refractivity contribution is 9.10. The van der Waals surface area contributed by atoms with Crippen LogP contribution in [0.15, 0.2) is 15.9 Å². The summed E-state index contributed by atoms with van der Waals surface area (Å²) in [5, 5.41) is 10.9. The van der Waals surface area contributed by atoms with Gasteiger partial charge in [-0.25, -0.2) is 0 Å². The number of hydrogen-bond donors (Lipinski definition) is 1. The fraction of sp³-hybridized carbons (Fsp3) is 0.100. The zero-order valence-corrected chi connectivity index (χ0v) is 11.1. The highest BCUT2D eigenvalue weighted by Crippen LogP contribution is 2.43. The van der Waals surface area contributed by atoms with Crippen molar-refractivity contribution in [1.29, 1.82) is 5.26 Å². The van der Waals surface area contributed by atoms with E-state index in [-0.39, 0.29) is 0 Å². The van der Waals surface area contributed by atoms with Crippen molar-refractivity contribution in [2.75, 3.05) is 5.73 Å². The molecule has 0 amide bonds. The van der Waals surface area contributed by atoms with E-state index in [1.54, 1.807) is 11.3 Å². The Morgan fingerprint density at radius 1 is 1.47 bits per heavy atom. The predicted octanol–water partition coefficient (Wildman–Crippen LogP) is 4.00. The molecule has 15 heavy (non-hydrogen) atoms. The molecule has 2 N–H and O–H groups in total. The number of nitrogens with zero attached hydrogens (tertiary/aromatic N) is 1. The second-order valence-corrected chi connectivity index (χ2v) is 5.80. The van der Waals surface area contributed by atoms with Gasteiger partial charge in [0.1, 0.15) is 10.9 Å². The Morgan fingerprint density at radius 3 is 2.67 bits per heavy atom. The topological polar surface area (TPSA) is 49.8 Å². The number of halogens is 1. The Kier molecular flexibility index (Phi) is 2.83. The van der Waals surface area contributed by atoms with Crippen LogP contribution in [0.1, 0.15) is 10.4 Å². The number of nitrogen functional groups attached to an aromatic ring is 1. The summed E-state index contributed by atoms with van der Waals surface area (Å²) < 4.78 is 1.06. The molecule has 0 unspecified atom stereocenters. The molecular weight excluding hydrogens is 292 g/mol. The average molecular weight is 299 g/mol. The molecule has 0 aliphatic rings. The quantitative estimate of drug-likeness (QED) is 0.865. The van der Waals surface area contributed by atoms with Crippen LogP contribution in [-0.4, -0.2) is 0 Å². The lowest BCUT2D eigenvalue weighted by Crippen LogP contribution is -1.86. The Hall–Kier alpha value is -0.830. The van der Waals surface area contributed by atoms with Gasteiger partial charge in [-0.1, -0.05) is 0 Å². The third-order valence-corrected chi connectivity index (χ3v) is 5.33. The lowest BCUT2D eigenvalue weighted by Gasteiger charge is -1.96. The van der Waals surface area contributed by atoms with E-state index in [2.05, 4.69) is 22.0 Å². The van der Waals surface area contributed by atoms with Gasteiger partial charge in [0, 0.05) is 4.47 Å². The normalized spacial score (nSPS) is 10.2. The second kappa shape index (κ2) is 3.97. The van der Waals surface area contributed by atoms with Gasteiger partial charge in [-0.3, -0.25) is 0 Å². The van der Waals surface area contributed by atoms with Gasteiger partial charge >= 0.3 is 0 Å². The van der Waals surface area contributed by atoms with Gasteiger partial charge in [0.25, 0.3) is 0 Å². The van der Waals surface area contributed by atoms with Crippen LogP contribution in [0.25, 0.3) is 9.75 Å². The molecule has 76 valence electrons. The van der Waals surface area contributed by atoms with Gasteiger partial charge in [0.2, 0.25) is 0 Å². The molecule has 2 heterocycles. The summed E-state index contributed by atoms with van der Waals surface area (Å²) in [6, 6.07) is 4.12. The lowest BCUT2D eigenvalue weighted by molar-refractivity contribution is 1.50. The number of nitrogens with two attached hydrogens (primary N) is 1. The van der Waals surface area contributed by atoms with Crippen LogP contribution < -0.4 is 5.73 Å². The fourth-order valence-corrected chi connectivity index (χ4v) is 4.23. The fourth-order valence-electron chi connectivity index (χ4n) is 1.28. The molecule has 0 atom stereocenters. The third kappa shape index (κ3) is 1.69. The number of anilines is 1. The highest BCUT2D eigenvalue weighted by atomic mass is 79.9. The van der Waals surface area contributed by atoms with Gasteiger partial charge in [-0.2, -0.15) is 5.26 Å². The summed E-state index contributed by atoms with van der Waals surface area (Å²) >= 11 is 6.59. The first kappa shape index (κ1) is 10.7. The first-order chi connectivity index (χ1) is 7.15. The van der Waals surface area contributed by atoms with E-state index >= 15 is 0 Å². The van der Waals surface area contributed by atoms with Crippen LogP contribution in [0.4, 0.5) is 5.69 Å². The van der Waals surface area contributed by atoms with Crippen molar-refractivity contribution < 1.29 is 0 Å². The molecule has 5 heteroatoms. The van der Waals surface area contributed by atoms with E-state index in [1.165, 1.54) is 11.3 Å². The lowest BCUT2D eigenvalue weighted by atomic mass is 10.2. The van der Waals surface area contributed by atoms with Gasteiger partial charge in [-0.05, 0) is 39.9 Å². The summed E-state index contributed by atoms with van der Waals surface area (Å²) in [4.78, 5) is 2.83. The van der Waals surface area contributed by atoms with Crippen molar-refractivity contribution in [2.45, 2.75) is 6.92 Å². The maximum atomic E-state index is 8.90. The minimum atomic E-state index is 0.600. The maximum absolute atomic E-state index is 8.90. The molecule has 0 saturated heterocycles. The molecule has 2 rings (SSSR count). The van der Waals surface area contributed by atoms with E-state index in [4.69, 9.17) is 11.0 Å². The minimum absolute atomic E-state index is 0.600. The average Bonchev–Trinajstić information content (AvgIpc) is 2.74. The number of hydrogen-bond acceptors (Lipinski definition) is 4. The van der Waals surface area contributed by atoms with E-state index in [0.29, 0.717) is 10.6 Å². The zero-order valence-electron chi connectivity index (χ0n) is 7.87. The molecule has 2 nitrogen and oxygen atoms in total. The Balaban J connectivity index is 2.66. The second-order valence-electron chi connectivity index (χ2n) is 3.01. The van der Waals surface area contributed by atoms with E-state index in [0.717, 1.165) is 19.8 Å². The van der Waals surface area contributed by atoms with Gasteiger partial charge in [0.15, 0.2) is 0 Å². The molecule has 0 aliphatic heterocycles. The Labute approximate surface area is 104 Å². The van der Waals surface area contributed by atoms with Crippen molar-refractivity contribution >= 4 is 44.3 Å². The highest BCUT2D eigenvalue weighted by Gasteiger charge is 2.16. The molecule has 0 radical (unpaired) electrons. The standard InChI is InChI=1S/C10H7BrN2S2/c1-5-8(13)7(4-12)15-9(5)10-6(11)2-3-14-10/h2-3H,13H2,1H3. The molecule has 0 aliphatic carbocycles. The van der Waals surface area contributed by atoms with Crippen molar-refractivity contribution in [2.24, 2.45) is 0 Å². The SMILES string of the molecule is Cc1c(-c2sccc2Br)sc(C#N)c1N. The van der Waals surface area contributed by atoms with E-state index < -0.39 is 0 Å². The van der Waals surface area contributed by atoms with E-state index in [1.807, 2.05) is 18.4 Å². The van der Waals surface area contributed by atoms with Crippen molar-refractivity contribution in [3.05, 3.63) is 26.4 Å². The summed E-state index contributed by atoms with van der Waals surface area (Å²) in [7, 11) is 0. The molecule has 0 aromatic carbocycles. The number of rotatable bonds is 1. The van der Waals surface area contributed by atoms with Crippen LogP contribution >= 0.6 is 38.6 Å². The van der Waals surface area contributed by atoms with Gasteiger partial charge < -0.3 is 5.73 Å². The molecule has 0 saturated carbocycles. The third-order valence-electron chi connectivity index (χ3n) is 2.12. The Bertz CT molecular complexity index is 548. The van der Waals surface area contributed by atoms with Gasteiger partial charge in [-0.15, -0.1) is 22.7 Å². The molecule has 2 aromatic heterocycles. The molecule has 2 aromatic rings. The molecule has 0 fully saturated rings. The van der Waals surface area contributed by atoms with Crippen LogP contribution in [0.3, 0.4) is 0 Å². The molecule has 0 spiro atoms. The predicted molar refractivity (Wildman–Crippen MR) is 69.2 cm³/mol. The largest absolute Gasteiger partial charge is 0.397 e. The smallest absolute Gasteiger partial charge is 0.128 e. The molecule has 0 bridgehead atoms.